The highest BCUT2D eigenvalue weighted by Crippen LogP contribution is 2.15. The maximum atomic E-state index is 5.69. The molecule has 2 N–H and O–H groups in total. The fourth-order valence-corrected chi connectivity index (χ4v) is 2.35. The predicted molar refractivity (Wildman–Crippen MR) is 60.0 cm³/mol. The van der Waals surface area contributed by atoms with Crippen molar-refractivity contribution in [2.24, 2.45) is 5.73 Å². The lowest BCUT2D eigenvalue weighted by atomic mass is 10.1. The molecule has 2 rings (SSSR count). The van der Waals surface area contributed by atoms with Crippen LogP contribution in [0, 0.1) is 6.92 Å². The molecule has 1 atom stereocenters. The minimum Gasteiger partial charge on any atom is -0.328 e. The Morgan fingerprint density at radius 3 is 2.93 bits per heavy atom. The van der Waals surface area contributed by atoms with E-state index in [1.807, 2.05) is 13.8 Å². The van der Waals surface area contributed by atoms with Crippen molar-refractivity contribution in [2.75, 3.05) is 0 Å². The molecule has 1 unspecified atom stereocenters. The third-order valence-corrected chi connectivity index (χ3v) is 3.20. The highest BCUT2D eigenvalue weighted by molar-refractivity contribution is 7.16. The van der Waals surface area contributed by atoms with E-state index in [0.717, 1.165) is 35.1 Å². The van der Waals surface area contributed by atoms with E-state index in [0.29, 0.717) is 0 Å². The van der Waals surface area contributed by atoms with Gasteiger partial charge in [0, 0.05) is 12.5 Å². The van der Waals surface area contributed by atoms with Gasteiger partial charge < -0.3 is 5.73 Å². The van der Waals surface area contributed by atoms with Crippen LogP contribution < -0.4 is 5.73 Å². The van der Waals surface area contributed by atoms with E-state index < -0.39 is 0 Å². The molecule has 2 aromatic rings. The molecule has 0 radical (unpaired) electrons. The predicted octanol–water partition coefficient (Wildman–Crippen LogP) is 1.16. The van der Waals surface area contributed by atoms with Gasteiger partial charge in [0.05, 0.1) is 0 Å². The van der Waals surface area contributed by atoms with Crippen LogP contribution in [0.3, 0.4) is 0 Å². The van der Waals surface area contributed by atoms with Crippen molar-refractivity contribution in [1.29, 1.82) is 0 Å². The molecule has 2 heterocycles. The molecule has 0 aromatic carbocycles. The lowest BCUT2D eigenvalue weighted by Crippen LogP contribution is -2.14. The average molecular weight is 225 g/mol. The molecule has 82 valence electrons. The lowest BCUT2D eigenvalue weighted by molar-refractivity contribution is 0.620. The minimum absolute atomic E-state index is 0.275. The van der Waals surface area contributed by atoms with Crippen LogP contribution in [-0.4, -0.2) is 25.9 Å². The molecule has 0 bridgehead atoms. The first-order valence-electron chi connectivity index (χ1n) is 5.10. The van der Waals surface area contributed by atoms with Crippen LogP contribution in [0.5, 0.6) is 0 Å². The maximum Gasteiger partial charge on any atom is 0.234 e. The Kier molecular flexibility index (Phi) is 2.97. The van der Waals surface area contributed by atoms with E-state index >= 15 is 0 Å². The van der Waals surface area contributed by atoms with Gasteiger partial charge in [-0.1, -0.05) is 11.3 Å². The van der Waals surface area contributed by atoms with E-state index in [9.17, 15) is 0 Å². The fraction of sp³-hybridized carbons (Fsp3) is 0.667. The van der Waals surface area contributed by atoms with Crippen molar-refractivity contribution in [3.8, 4) is 0 Å². The summed E-state index contributed by atoms with van der Waals surface area (Å²) in [6, 6.07) is 0.275. The summed E-state index contributed by atoms with van der Waals surface area (Å²) >= 11 is 1.61. The van der Waals surface area contributed by atoms with Crippen LogP contribution in [0.25, 0.3) is 4.96 Å². The topological polar surface area (TPSA) is 69.1 Å². The van der Waals surface area contributed by atoms with Crippen molar-refractivity contribution in [3.63, 3.8) is 0 Å². The zero-order valence-electron chi connectivity index (χ0n) is 8.97. The van der Waals surface area contributed by atoms with E-state index in [-0.39, 0.29) is 6.04 Å². The molecule has 0 saturated carbocycles. The summed E-state index contributed by atoms with van der Waals surface area (Å²) in [5.41, 5.74) is 5.69. The number of nitrogens with zero attached hydrogens (tertiary/aromatic N) is 4. The monoisotopic (exact) mass is 225 g/mol. The van der Waals surface area contributed by atoms with Crippen molar-refractivity contribution in [1.82, 2.24) is 19.8 Å². The first-order chi connectivity index (χ1) is 7.16. The number of rotatable bonds is 4. The number of hydrogen-bond acceptors (Lipinski definition) is 5. The highest BCUT2D eigenvalue weighted by atomic mass is 32.1. The largest absolute Gasteiger partial charge is 0.328 e. The molecule has 15 heavy (non-hydrogen) atoms. The molecule has 0 aliphatic rings. The maximum absolute atomic E-state index is 5.69. The first-order valence-corrected chi connectivity index (χ1v) is 5.92. The summed E-state index contributed by atoms with van der Waals surface area (Å²) in [6.45, 7) is 3.94. The molecule has 0 saturated heterocycles. The second kappa shape index (κ2) is 4.24. The van der Waals surface area contributed by atoms with E-state index in [1.54, 1.807) is 15.9 Å². The van der Waals surface area contributed by atoms with Crippen LogP contribution in [0.2, 0.25) is 0 Å². The second-order valence-corrected chi connectivity index (χ2v) is 4.85. The number of nitrogens with two attached hydrogens (primary N) is 1. The average Bonchev–Trinajstić information content (AvgIpc) is 2.69. The zero-order valence-corrected chi connectivity index (χ0v) is 9.79. The molecule has 0 aliphatic heterocycles. The van der Waals surface area contributed by atoms with Gasteiger partial charge >= 0.3 is 0 Å². The van der Waals surface area contributed by atoms with Crippen LogP contribution in [-0.2, 0) is 6.42 Å². The SMILES string of the molecule is Cc1nnc2sc(CCCC(C)N)nn12. The smallest absolute Gasteiger partial charge is 0.234 e. The van der Waals surface area contributed by atoms with Gasteiger partial charge in [0.15, 0.2) is 5.82 Å². The second-order valence-electron chi connectivity index (χ2n) is 3.81. The van der Waals surface area contributed by atoms with Crippen LogP contribution >= 0.6 is 11.3 Å². The number of aromatic nitrogens is 4. The van der Waals surface area contributed by atoms with Crippen LogP contribution in [0.4, 0.5) is 0 Å². The first kappa shape index (κ1) is 10.5. The van der Waals surface area contributed by atoms with Gasteiger partial charge in [-0.3, -0.25) is 0 Å². The highest BCUT2D eigenvalue weighted by Gasteiger charge is 2.08. The molecular weight excluding hydrogens is 210 g/mol. The molecule has 5 nitrogen and oxygen atoms in total. The number of aryl methyl sites for hydroxylation is 2. The van der Waals surface area contributed by atoms with Crippen molar-refractivity contribution >= 4 is 16.3 Å². The Hall–Kier alpha value is -1.01. The van der Waals surface area contributed by atoms with Crippen molar-refractivity contribution < 1.29 is 0 Å². The normalized spacial score (nSPS) is 13.5. The Bertz CT molecular complexity index is 444. The third-order valence-electron chi connectivity index (χ3n) is 2.24. The van der Waals surface area contributed by atoms with E-state index in [1.165, 1.54) is 0 Å². The number of fused-ring (bicyclic) bond motifs is 1. The van der Waals surface area contributed by atoms with Gasteiger partial charge in [-0.2, -0.15) is 9.61 Å². The van der Waals surface area contributed by atoms with Gasteiger partial charge in [0.2, 0.25) is 4.96 Å². The fourth-order valence-electron chi connectivity index (χ4n) is 1.43. The lowest BCUT2D eigenvalue weighted by Gasteiger charge is -2.01. The molecule has 0 aliphatic carbocycles. The van der Waals surface area contributed by atoms with Gasteiger partial charge in [0.25, 0.3) is 0 Å². The Morgan fingerprint density at radius 2 is 2.27 bits per heavy atom. The number of hydrogen-bond donors (Lipinski definition) is 1. The van der Waals surface area contributed by atoms with E-state index in [4.69, 9.17) is 5.73 Å². The Balaban J connectivity index is 2.03. The van der Waals surface area contributed by atoms with E-state index in [2.05, 4.69) is 15.3 Å². The van der Waals surface area contributed by atoms with Crippen molar-refractivity contribution in [3.05, 3.63) is 10.8 Å². The molecule has 6 heteroatoms. The zero-order chi connectivity index (χ0) is 10.8. The van der Waals surface area contributed by atoms with Crippen molar-refractivity contribution in [2.45, 2.75) is 39.2 Å². The summed E-state index contributed by atoms with van der Waals surface area (Å²) in [7, 11) is 0. The van der Waals surface area contributed by atoms with Gasteiger partial charge in [0.1, 0.15) is 5.01 Å². The summed E-state index contributed by atoms with van der Waals surface area (Å²) in [4.78, 5) is 0.878. The molecular formula is C9H15N5S. The van der Waals surface area contributed by atoms with Gasteiger partial charge in [-0.05, 0) is 26.7 Å². The Morgan fingerprint density at radius 1 is 1.47 bits per heavy atom. The molecule has 0 spiro atoms. The molecule has 0 fully saturated rings. The summed E-state index contributed by atoms with van der Waals surface area (Å²) in [5.74, 6) is 0.847. The molecule has 2 aromatic heterocycles. The Labute approximate surface area is 92.3 Å². The standard InChI is InChI=1S/C9H15N5S/c1-6(10)4-3-5-8-13-14-7(2)11-12-9(14)15-8/h6H,3-5,10H2,1-2H3. The molecule has 0 amide bonds. The summed E-state index contributed by atoms with van der Waals surface area (Å²) in [5, 5.41) is 13.5. The third kappa shape index (κ3) is 2.32. The van der Waals surface area contributed by atoms with Gasteiger partial charge in [-0.25, -0.2) is 0 Å². The summed E-state index contributed by atoms with van der Waals surface area (Å²) in [6.07, 6.45) is 3.11. The van der Waals surface area contributed by atoms with Crippen LogP contribution in [0.1, 0.15) is 30.6 Å². The quantitative estimate of drug-likeness (QED) is 0.848. The van der Waals surface area contributed by atoms with Crippen LogP contribution in [0.15, 0.2) is 0 Å². The summed E-state index contributed by atoms with van der Waals surface area (Å²) < 4.78 is 1.80. The minimum atomic E-state index is 0.275. The van der Waals surface area contributed by atoms with Gasteiger partial charge in [-0.15, -0.1) is 10.2 Å².